The standard InChI is InChI=1S/C29H31Cl2N5O3/c30-25-7-3-2-6-21(25)20-33-14-16-35(17-15-33)28-10-8-22(18-26(28)31)32-29(37)24-19-23(36(38)39)9-11-27(24)34-12-4-1-5-13-34/h2-3,6-11,18-19H,1,4-5,12-17,20H2,(H,32,37). The lowest BCUT2D eigenvalue weighted by molar-refractivity contribution is -0.384. The fraction of sp³-hybridized carbons (Fsp3) is 0.345. The predicted molar refractivity (Wildman–Crippen MR) is 158 cm³/mol. The second-order valence-corrected chi connectivity index (χ2v) is 10.8. The Kier molecular flexibility index (Phi) is 8.55. The molecule has 0 aromatic heterocycles. The smallest absolute Gasteiger partial charge is 0.270 e. The van der Waals surface area contributed by atoms with Gasteiger partial charge in [0.2, 0.25) is 0 Å². The molecule has 8 nitrogen and oxygen atoms in total. The Morgan fingerprint density at radius 1 is 0.821 bits per heavy atom. The molecule has 1 N–H and O–H groups in total. The maximum atomic E-state index is 13.3. The van der Waals surface area contributed by atoms with Crippen LogP contribution in [-0.4, -0.2) is 55.0 Å². The van der Waals surface area contributed by atoms with Crippen molar-refractivity contribution in [3.05, 3.63) is 92.0 Å². The van der Waals surface area contributed by atoms with E-state index in [1.165, 1.54) is 12.1 Å². The lowest BCUT2D eigenvalue weighted by atomic mass is 10.1. The van der Waals surface area contributed by atoms with Crippen LogP contribution in [0.4, 0.5) is 22.7 Å². The molecule has 0 bridgehead atoms. The van der Waals surface area contributed by atoms with Gasteiger partial charge in [-0.3, -0.25) is 19.8 Å². The highest BCUT2D eigenvalue weighted by molar-refractivity contribution is 6.33. The molecule has 2 saturated heterocycles. The summed E-state index contributed by atoms with van der Waals surface area (Å²) in [5, 5.41) is 15.6. The first-order valence-corrected chi connectivity index (χ1v) is 14.0. The monoisotopic (exact) mass is 567 g/mol. The lowest BCUT2D eigenvalue weighted by Gasteiger charge is -2.36. The molecule has 2 aliphatic heterocycles. The molecule has 39 heavy (non-hydrogen) atoms. The quantitative estimate of drug-likeness (QED) is 0.260. The second-order valence-electron chi connectivity index (χ2n) is 9.98. The number of nitro benzene ring substituents is 1. The normalized spacial score (nSPS) is 16.3. The highest BCUT2D eigenvalue weighted by Crippen LogP contribution is 2.32. The molecular weight excluding hydrogens is 537 g/mol. The zero-order valence-electron chi connectivity index (χ0n) is 21.6. The summed E-state index contributed by atoms with van der Waals surface area (Å²) >= 11 is 13.0. The number of nitrogens with zero attached hydrogens (tertiary/aromatic N) is 4. The van der Waals surface area contributed by atoms with Crippen molar-refractivity contribution < 1.29 is 9.72 Å². The van der Waals surface area contributed by atoms with Gasteiger partial charge in [-0.05, 0) is 55.2 Å². The van der Waals surface area contributed by atoms with Crippen molar-refractivity contribution in [3.63, 3.8) is 0 Å². The van der Waals surface area contributed by atoms with Crippen molar-refractivity contribution in [2.75, 3.05) is 54.4 Å². The highest BCUT2D eigenvalue weighted by atomic mass is 35.5. The number of hydrogen-bond donors (Lipinski definition) is 1. The van der Waals surface area contributed by atoms with Crippen LogP contribution in [0.1, 0.15) is 35.2 Å². The average Bonchev–Trinajstić information content (AvgIpc) is 2.95. The number of halogens is 2. The number of nitrogens with one attached hydrogen (secondary N) is 1. The maximum Gasteiger partial charge on any atom is 0.270 e. The zero-order valence-corrected chi connectivity index (χ0v) is 23.1. The van der Waals surface area contributed by atoms with Crippen LogP contribution in [0.15, 0.2) is 60.7 Å². The minimum absolute atomic E-state index is 0.108. The van der Waals surface area contributed by atoms with Gasteiger partial charge >= 0.3 is 0 Å². The summed E-state index contributed by atoms with van der Waals surface area (Å²) < 4.78 is 0. The average molecular weight is 569 g/mol. The van der Waals surface area contributed by atoms with Gasteiger partial charge in [0.25, 0.3) is 11.6 Å². The molecular formula is C29H31Cl2N5O3. The number of hydrogen-bond acceptors (Lipinski definition) is 6. The van der Waals surface area contributed by atoms with E-state index in [1.54, 1.807) is 12.1 Å². The lowest BCUT2D eigenvalue weighted by Crippen LogP contribution is -2.46. The summed E-state index contributed by atoms with van der Waals surface area (Å²) in [6.07, 6.45) is 3.21. The van der Waals surface area contributed by atoms with Crippen LogP contribution in [-0.2, 0) is 6.54 Å². The van der Waals surface area contributed by atoms with Crippen LogP contribution in [0.25, 0.3) is 0 Å². The largest absolute Gasteiger partial charge is 0.371 e. The number of anilines is 3. The molecule has 0 aliphatic carbocycles. The molecule has 5 rings (SSSR count). The Morgan fingerprint density at radius 2 is 1.51 bits per heavy atom. The van der Waals surface area contributed by atoms with Crippen molar-refractivity contribution in [3.8, 4) is 0 Å². The molecule has 1 amide bonds. The predicted octanol–water partition coefficient (Wildman–Crippen LogP) is 6.47. The van der Waals surface area contributed by atoms with Crippen LogP contribution >= 0.6 is 23.2 Å². The molecule has 10 heteroatoms. The first kappa shape index (κ1) is 27.2. The van der Waals surface area contributed by atoms with Crippen LogP contribution in [0.3, 0.4) is 0 Å². The van der Waals surface area contributed by atoms with Crippen molar-refractivity contribution >= 4 is 51.9 Å². The second kappa shape index (κ2) is 12.2. The molecule has 3 aromatic carbocycles. The fourth-order valence-electron chi connectivity index (χ4n) is 5.28. The van der Waals surface area contributed by atoms with Gasteiger partial charge in [-0.1, -0.05) is 41.4 Å². The number of carbonyl (C=O) groups is 1. The number of carbonyl (C=O) groups excluding carboxylic acids is 1. The molecule has 0 atom stereocenters. The molecule has 2 heterocycles. The third-order valence-electron chi connectivity index (χ3n) is 7.40. The van der Waals surface area contributed by atoms with E-state index in [0.717, 1.165) is 87.0 Å². The topological polar surface area (TPSA) is 82.0 Å². The number of amides is 1. The number of nitro groups is 1. The summed E-state index contributed by atoms with van der Waals surface area (Å²) in [4.78, 5) is 31.0. The molecule has 0 unspecified atom stereocenters. The molecule has 2 fully saturated rings. The number of piperazine rings is 1. The first-order chi connectivity index (χ1) is 18.9. The third kappa shape index (κ3) is 6.46. The Balaban J connectivity index is 1.26. The van der Waals surface area contributed by atoms with E-state index in [4.69, 9.17) is 23.2 Å². The van der Waals surface area contributed by atoms with Crippen molar-refractivity contribution in [2.24, 2.45) is 0 Å². The maximum absolute atomic E-state index is 13.3. The number of benzene rings is 3. The van der Waals surface area contributed by atoms with Crippen LogP contribution in [0.2, 0.25) is 10.0 Å². The Morgan fingerprint density at radius 3 is 2.21 bits per heavy atom. The van der Waals surface area contributed by atoms with Crippen LogP contribution in [0, 0.1) is 10.1 Å². The van der Waals surface area contributed by atoms with Crippen molar-refractivity contribution in [1.82, 2.24) is 4.90 Å². The fourth-order valence-corrected chi connectivity index (χ4v) is 5.78. The minimum Gasteiger partial charge on any atom is -0.371 e. The first-order valence-electron chi connectivity index (χ1n) is 13.2. The molecule has 204 valence electrons. The Hall–Kier alpha value is -3.33. The molecule has 3 aromatic rings. The van der Waals surface area contributed by atoms with Crippen LogP contribution < -0.4 is 15.1 Å². The third-order valence-corrected chi connectivity index (χ3v) is 8.07. The Labute approximate surface area is 238 Å². The molecule has 0 saturated carbocycles. The summed E-state index contributed by atoms with van der Waals surface area (Å²) in [5.41, 5.74) is 3.48. The van der Waals surface area contributed by atoms with E-state index in [2.05, 4.69) is 26.1 Å². The number of rotatable bonds is 7. The summed E-state index contributed by atoms with van der Waals surface area (Å²) in [6, 6.07) is 17.9. The summed E-state index contributed by atoms with van der Waals surface area (Å²) in [5.74, 6) is -0.392. The van der Waals surface area contributed by atoms with Crippen molar-refractivity contribution in [1.29, 1.82) is 0 Å². The van der Waals surface area contributed by atoms with Crippen LogP contribution in [0.5, 0.6) is 0 Å². The SMILES string of the molecule is O=C(Nc1ccc(N2CCN(Cc3ccccc3Cl)CC2)c(Cl)c1)c1cc([N+](=O)[O-])ccc1N1CCCCC1. The van der Waals surface area contributed by atoms with Gasteiger partial charge in [-0.2, -0.15) is 0 Å². The molecule has 2 aliphatic rings. The number of piperidine rings is 1. The molecule has 0 spiro atoms. The minimum atomic E-state index is -0.476. The van der Waals surface area contributed by atoms with E-state index >= 15 is 0 Å². The van der Waals surface area contributed by atoms with E-state index < -0.39 is 10.8 Å². The van der Waals surface area contributed by atoms with Gasteiger partial charge in [0.15, 0.2) is 0 Å². The van der Waals surface area contributed by atoms with Crippen molar-refractivity contribution in [2.45, 2.75) is 25.8 Å². The van der Waals surface area contributed by atoms with Gasteiger partial charge in [-0.25, -0.2) is 0 Å². The Bertz CT molecular complexity index is 1350. The van der Waals surface area contributed by atoms with E-state index in [-0.39, 0.29) is 5.69 Å². The van der Waals surface area contributed by atoms with Gasteiger partial charge in [-0.15, -0.1) is 0 Å². The van der Waals surface area contributed by atoms with Gasteiger partial charge in [0.1, 0.15) is 0 Å². The van der Waals surface area contributed by atoms with E-state index in [9.17, 15) is 14.9 Å². The molecule has 0 radical (unpaired) electrons. The van der Waals surface area contributed by atoms with E-state index in [1.807, 2.05) is 30.3 Å². The van der Waals surface area contributed by atoms with Gasteiger partial charge < -0.3 is 15.1 Å². The van der Waals surface area contributed by atoms with Gasteiger partial charge in [0, 0.05) is 68.7 Å². The summed E-state index contributed by atoms with van der Waals surface area (Å²) in [7, 11) is 0. The van der Waals surface area contributed by atoms with E-state index in [0.29, 0.717) is 16.3 Å². The van der Waals surface area contributed by atoms with Gasteiger partial charge in [0.05, 0.1) is 26.9 Å². The summed E-state index contributed by atoms with van der Waals surface area (Å²) in [6.45, 7) is 5.86. The number of non-ortho nitro benzene ring substituents is 1. The highest BCUT2D eigenvalue weighted by Gasteiger charge is 2.23. The zero-order chi connectivity index (χ0) is 27.4.